The van der Waals surface area contributed by atoms with E-state index in [1.165, 1.54) is 11.3 Å². The van der Waals surface area contributed by atoms with E-state index >= 15 is 0 Å². The van der Waals surface area contributed by atoms with Crippen LogP contribution in [0.25, 0.3) is 16.9 Å². The maximum atomic E-state index is 13.0. The van der Waals surface area contributed by atoms with Gasteiger partial charge in [-0.05, 0) is 65.2 Å². The molecule has 0 aliphatic rings. The number of ether oxygens (including phenoxy) is 1. The fourth-order valence-electron chi connectivity index (χ4n) is 3.26. The van der Waals surface area contributed by atoms with Gasteiger partial charge in [0.25, 0.3) is 5.91 Å². The number of aromatic nitrogens is 3. The first kappa shape index (κ1) is 20.6. The van der Waals surface area contributed by atoms with E-state index in [9.17, 15) is 4.79 Å². The second kappa shape index (κ2) is 8.20. The summed E-state index contributed by atoms with van der Waals surface area (Å²) >= 11 is 4.98. The van der Waals surface area contributed by atoms with Gasteiger partial charge in [0.05, 0.1) is 27.8 Å². The summed E-state index contributed by atoms with van der Waals surface area (Å²) in [6.07, 6.45) is 4.56. The molecule has 4 aromatic rings. The van der Waals surface area contributed by atoms with Gasteiger partial charge in [-0.15, -0.1) is 0 Å². The first-order chi connectivity index (χ1) is 14.4. The normalized spacial score (nSPS) is 11.1. The minimum absolute atomic E-state index is 0.114. The molecule has 0 saturated carbocycles. The summed E-state index contributed by atoms with van der Waals surface area (Å²) in [5.41, 5.74) is 5.20. The van der Waals surface area contributed by atoms with Crippen LogP contribution < -0.4 is 9.64 Å². The third-order valence-electron chi connectivity index (χ3n) is 4.95. The van der Waals surface area contributed by atoms with Crippen LogP contribution in [0.4, 0.5) is 5.13 Å². The summed E-state index contributed by atoms with van der Waals surface area (Å²) in [6, 6.07) is 9.63. The number of methoxy groups -OCH3 is 1. The zero-order valence-corrected chi connectivity index (χ0v) is 19.5. The van der Waals surface area contributed by atoms with Crippen molar-refractivity contribution in [3.8, 4) is 17.0 Å². The van der Waals surface area contributed by atoms with E-state index in [0.29, 0.717) is 10.7 Å². The smallest absolute Gasteiger partial charge is 0.261 e. The molecule has 30 heavy (non-hydrogen) atoms. The van der Waals surface area contributed by atoms with Crippen LogP contribution in [0.15, 0.2) is 46.5 Å². The van der Waals surface area contributed by atoms with Gasteiger partial charge >= 0.3 is 0 Å². The molecule has 0 aliphatic heterocycles. The van der Waals surface area contributed by atoms with Crippen molar-refractivity contribution in [1.82, 2.24) is 14.4 Å². The molecule has 0 atom stereocenters. The van der Waals surface area contributed by atoms with Crippen LogP contribution in [0, 0.1) is 6.92 Å². The Morgan fingerprint density at radius 3 is 2.70 bits per heavy atom. The molecule has 8 heteroatoms. The maximum absolute atomic E-state index is 13.0. The van der Waals surface area contributed by atoms with Gasteiger partial charge in [-0.3, -0.25) is 9.69 Å². The summed E-state index contributed by atoms with van der Waals surface area (Å²) in [7, 11) is 3.41. The Morgan fingerprint density at radius 1 is 1.23 bits per heavy atom. The highest BCUT2D eigenvalue weighted by Crippen LogP contribution is 2.31. The monoisotopic (exact) mass is 484 g/mol. The first-order valence-corrected chi connectivity index (χ1v) is 11.1. The third kappa shape index (κ3) is 3.73. The number of pyridine rings is 1. The summed E-state index contributed by atoms with van der Waals surface area (Å²) < 4.78 is 8.18. The van der Waals surface area contributed by atoms with Gasteiger partial charge in [0.2, 0.25) is 0 Å². The maximum Gasteiger partial charge on any atom is 0.261 e. The largest absolute Gasteiger partial charge is 0.496 e. The van der Waals surface area contributed by atoms with E-state index in [-0.39, 0.29) is 5.91 Å². The quantitative estimate of drug-likeness (QED) is 0.381. The van der Waals surface area contributed by atoms with Crippen molar-refractivity contribution < 1.29 is 9.53 Å². The molecule has 6 nitrogen and oxygen atoms in total. The number of imidazole rings is 1. The Kier molecular flexibility index (Phi) is 5.62. The van der Waals surface area contributed by atoms with E-state index in [1.54, 1.807) is 25.1 Å². The Labute approximate surface area is 187 Å². The molecule has 0 radical (unpaired) electrons. The number of anilines is 1. The van der Waals surface area contributed by atoms with Crippen molar-refractivity contribution >= 4 is 44.0 Å². The van der Waals surface area contributed by atoms with Gasteiger partial charge in [-0.2, -0.15) is 0 Å². The Hall–Kier alpha value is -2.71. The van der Waals surface area contributed by atoms with Crippen LogP contribution in [-0.4, -0.2) is 34.4 Å². The van der Waals surface area contributed by atoms with E-state index in [1.807, 2.05) is 54.9 Å². The lowest BCUT2D eigenvalue weighted by atomic mass is 10.1. The molecule has 0 aliphatic carbocycles. The van der Waals surface area contributed by atoms with E-state index in [0.717, 1.165) is 44.1 Å². The predicted octanol–water partition coefficient (Wildman–Crippen LogP) is 5.38. The molecule has 3 heterocycles. The number of hydrogen-bond donors (Lipinski definition) is 0. The molecule has 1 aromatic carbocycles. The van der Waals surface area contributed by atoms with E-state index in [2.05, 4.69) is 25.9 Å². The van der Waals surface area contributed by atoms with Crippen LogP contribution in [0.2, 0.25) is 0 Å². The highest BCUT2D eigenvalue weighted by molar-refractivity contribution is 9.11. The third-order valence-corrected chi connectivity index (χ3v) is 6.86. The summed E-state index contributed by atoms with van der Waals surface area (Å²) in [5.74, 6) is 0.731. The molecule has 0 bridgehead atoms. The van der Waals surface area contributed by atoms with Gasteiger partial charge in [-0.25, -0.2) is 9.97 Å². The van der Waals surface area contributed by atoms with Crippen LogP contribution in [0.1, 0.15) is 28.5 Å². The lowest BCUT2D eigenvalue weighted by Gasteiger charge is -2.13. The molecule has 0 unspecified atom stereocenters. The number of hydrogen-bond acceptors (Lipinski definition) is 5. The Balaban J connectivity index is 1.64. The van der Waals surface area contributed by atoms with E-state index < -0.39 is 0 Å². The number of rotatable bonds is 5. The molecule has 154 valence electrons. The molecular formula is C22H21BrN4O2S. The number of benzene rings is 1. The molecule has 0 spiro atoms. The number of fused-ring (bicyclic) bond motifs is 1. The van der Waals surface area contributed by atoms with Crippen molar-refractivity contribution in [1.29, 1.82) is 0 Å². The number of aryl methyl sites for hydroxylation is 2. The lowest BCUT2D eigenvalue weighted by Crippen LogP contribution is -2.26. The zero-order valence-electron chi connectivity index (χ0n) is 17.1. The van der Waals surface area contributed by atoms with Gasteiger partial charge in [0, 0.05) is 25.0 Å². The standard InChI is InChI=1S/C22H21BrN4O2S/c1-5-16-20(23)30-22(25-16)26(3)21(28)15-7-9-19-24-17(12-27(19)11-15)14-6-8-18(29-4)13(2)10-14/h6-12H,5H2,1-4H3. The van der Waals surface area contributed by atoms with Crippen molar-refractivity contribution in [2.45, 2.75) is 20.3 Å². The van der Waals surface area contributed by atoms with Gasteiger partial charge < -0.3 is 9.14 Å². The number of amides is 1. The van der Waals surface area contributed by atoms with Crippen molar-refractivity contribution in [2.24, 2.45) is 0 Å². The van der Waals surface area contributed by atoms with Gasteiger partial charge in [0.15, 0.2) is 5.13 Å². The number of carbonyl (C=O) groups is 1. The highest BCUT2D eigenvalue weighted by atomic mass is 79.9. The Morgan fingerprint density at radius 2 is 2.03 bits per heavy atom. The van der Waals surface area contributed by atoms with Crippen LogP contribution >= 0.6 is 27.3 Å². The fraction of sp³-hybridized carbons (Fsp3) is 0.227. The number of halogens is 1. The average Bonchev–Trinajstić information content (AvgIpc) is 3.35. The van der Waals surface area contributed by atoms with Crippen LogP contribution in [0.3, 0.4) is 0 Å². The van der Waals surface area contributed by atoms with Crippen molar-refractivity contribution in [2.75, 3.05) is 19.1 Å². The predicted molar refractivity (Wildman–Crippen MR) is 124 cm³/mol. The minimum Gasteiger partial charge on any atom is -0.496 e. The van der Waals surface area contributed by atoms with Crippen molar-refractivity contribution in [3.05, 3.63) is 63.3 Å². The van der Waals surface area contributed by atoms with Crippen molar-refractivity contribution in [3.63, 3.8) is 0 Å². The average molecular weight is 485 g/mol. The molecule has 0 fully saturated rings. The summed E-state index contributed by atoms with van der Waals surface area (Å²) in [4.78, 5) is 23.8. The SMILES string of the molecule is CCc1nc(N(C)C(=O)c2ccc3nc(-c4ccc(OC)c(C)c4)cn3c2)sc1Br. The number of thiazole rings is 1. The van der Waals surface area contributed by atoms with Crippen LogP contribution in [0.5, 0.6) is 5.75 Å². The second-order valence-electron chi connectivity index (χ2n) is 6.93. The topological polar surface area (TPSA) is 59.7 Å². The molecular weight excluding hydrogens is 464 g/mol. The number of nitrogens with zero attached hydrogens (tertiary/aromatic N) is 4. The summed E-state index contributed by atoms with van der Waals surface area (Å²) in [5, 5.41) is 0.670. The highest BCUT2D eigenvalue weighted by Gasteiger charge is 2.19. The fourth-order valence-corrected chi connectivity index (χ4v) is 4.91. The molecule has 3 aromatic heterocycles. The molecule has 0 saturated heterocycles. The molecule has 4 rings (SSSR count). The Bertz CT molecular complexity index is 1250. The van der Waals surface area contributed by atoms with Crippen LogP contribution in [-0.2, 0) is 6.42 Å². The molecule has 1 amide bonds. The first-order valence-electron chi connectivity index (χ1n) is 9.48. The summed E-state index contributed by atoms with van der Waals surface area (Å²) in [6.45, 7) is 4.05. The lowest BCUT2D eigenvalue weighted by molar-refractivity contribution is 0.0992. The molecule has 0 N–H and O–H groups in total. The minimum atomic E-state index is -0.114. The van der Waals surface area contributed by atoms with Gasteiger partial charge in [-0.1, -0.05) is 18.3 Å². The zero-order chi connectivity index (χ0) is 21.4. The number of carbonyl (C=O) groups excluding carboxylic acids is 1. The van der Waals surface area contributed by atoms with E-state index in [4.69, 9.17) is 4.74 Å². The van der Waals surface area contributed by atoms with Gasteiger partial charge in [0.1, 0.15) is 11.4 Å². The second-order valence-corrected chi connectivity index (χ2v) is 9.22.